The van der Waals surface area contributed by atoms with Gasteiger partial charge in [-0.25, -0.2) is 13.6 Å². The van der Waals surface area contributed by atoms with Crippen molar-refractivity contribution in [1.82, 2.24) is 0 Å². The van der Waals surface area contributed by atoms with Crippen LogP contribution in [0.4, 0.5) is 8.78 Å². The van der Waals surface area contributed by atoms with E-state index in [0.29, 0.717) is 24.3 Å². The van der Waals surface area contributed by atoms with Gasteiger partial charge in [0.25, 0.3) is 0 Å². The van der Waals surface area contributed by atoms with E-state index in [2.05, 4.69) is 55.5 Å². The lowest BCUT2D eigenvalue weighted by Crippen LogP contribution is -2.09. The first-order chi connectivity index (χ1) is 16.9. The lowest BCUT2D eigenvalue weighted by atomic mass is 9.93. The zero-order valence-electron chi connectivity index (χ0n) is 19.9. The number of esters is 1. The third-order valence-electron chi connectivity index (χ3n) is 6.14. The molecule has 4 aromatic carbocycles. The lowest BCUT2D eigenvalue weighted by molar-refractivity contribution is 0.0734. The Balaban J connectivity index is 1.41. The molecule has 35 heavy (non-hydrogen) atoms. The second-order valence-electron chi connectivity index (χ2n) is 8.80. The second-order valence-corrected chi connectivity index (χ2v) is 8.80. The van der Waals surface area contributed by atoms with E-state index in [-0.39, 0.29) is 11.3 Å². The van der Waals surface area contributed by atoms with Crippen LogP contribution in [0.3, 0.4) is 0 Å². The van der Waals surface area contributed by atoms with Crippen molar-refractivity contribution in [3.63, 3.8) is 0 Å². The minimum absolute atomic E-state index is 0.0113. The SMILES string of the molecule is CCCc1c(F)cc(OC(=O)c2ccc(-c3ccc(C[C@H](C)c4ccccc4)cc3)cc2)cc1F. The molecule has 0 bridgehead atoms. The molecule has 0 aliphatic carbocycles. The molecule has 0 aromatic heterocycles. The maximum absolute atomic E-state index is 14.1. The van der Waals surface area contributed by atoms with Crippen LogP contribution in [0.25, 0.3) is 11.1 Å². The van der Waals surface area contributed by atoms with Gasteiger partial charge in [0, 0.05) is 17.7 Å². The molecular weight excluding hydrogens is 442 g/mol. The van der Waals surface area contributed by atoms with Gasteiger partial charge in [0.1, 0.15) is 17.4 Å². The summed E-state index contributed by atoms with van der Waals surface area (Å²) in [5.41, 5.74) is 4.90. The van der Waals surface area contributed by atoms with Crippen LogP contribution in [0.5, 0.6) is 5.75 Å². The molecule has 0 spiro atoms. The molecule has 4 heteroatoms. The highest BCUT2D eigenvalue weighted by Crippen LogP contribution is 2.26. The summed E-state index contributed by atoms with van der Waals surface area (Å²) in [6.07, 6.45) is 1.87. The van der Waals surface area contributed by atoms with Crippen LogP contribution >= 0.6 is 0 Å². The van der Waals surface area contributed by atoms with E-state index < -0.39 is 17.6 Å². The van der Waals surface area contributed by atoms with Gasteiger partial charge >= 0.3 is 5.97 Å². The van der Waals surface area contributed by atoms with Crippen molar-refractivity contribution in [1.29, 1.82) is 0 Å². The summed E-state index contributed by atoms with van der Waals surface area (Å²) in [5, 5.41) is 0. The van der Waals surface area contributed by atoms with Gasteiger partial charge in [-0.1, -0.05) is 87.0 Å². The molecule has 0 saturated heterocycles. The number of carbonyl (C=O) groups excluding carboxylic acids is 1. The summed E-state index contributed by atoms with van der Waals surface area (Å²) in [4.78, 5) is 12.5. The van der Waals surface area contributed by atoms with Gasteiger partial charge < -0.3 is 4.74 Å². The molecule has 0 fully saturated rings. The molecule has 0 heterocycles. The quantitative estimate of drug-likeness (QED) is 0.192. The molecule has 0 radical (unpaired) electrons. The monoisotopic (exact) mass is 470 g/mol. The minimum atomic E-state index is -0.702. The zero-order valence-corrected chi connectivity index (χ0v) is 19.9. The number of ether oxygens (including phenoxy) is 1. The van der Waals surface area contributed by atoms with Gasteiger partial charge in [-0.05, 0) is 53.1 Å². The topological polar surface area (TPSA) is 26.3 Å². The maximum atomic E-state index is 14.1. The normalized spacial score (nSPS) is 11.8. The van der Waals surface area contributed by atoms with Gasteiger partial charge in [-0.3, -0.25) is 0 Å². The second kappa shape index (κ2) is 11.1. The van der Waals surface area contributed by atoms with E-state index in [1.165, 1.54) is 11.1 Å². The molecule has 0 aliphatic heterocycles. The predicted octanol–water partition coefficient (Wildman–Crippen LogP) is 8.15. The molecule has 2 nitrogen and oxygen atoms in total. The van der Waals surface area contributed by atoms with E-state index >= 15 is 0 Å². The molecule has 4 aromatic rings. The minimum Gasteiger partial charge on any atom is -0.423 e. The summed E-state index contributed by atoms with van der Waals surface area (Å²) in [6.45, 7) is 4.07. The molecule has 0 amide bonds. The lowest BCUT2D eigenvalue weighted by Gasteiger charge is -2.12. The standard InChI is InChI=1S/C31H28F2O2/c1-3-7-28-29(32)19-27(20-30(28)33)35-31(34)26-16-14-25(15-17-26)24-12-10-22(11-13-24)18-21(2)23-8-5-4-6-9-23/h4-6,8-17,19-21H,3,7,18H2,1-2H3/t21-/m0/s1. The summed E-state index contributed by atoms with van der Waals surface area (Å²) >= 11 is 0. The van der Waals surface area contributed by atoms with Gasteiger partial charge in [0.2, 0.25) is 0 Å². The van der Waals surface area contributed by atoms with Crippen molar-refractivity contribution < 1.29 is 18.3 Å². The molecule has 0 unspecified atom stereocenters. The van der Waals surface area contributed by atoms with Crippen molar-refractivity contribution in [2.45, 2.75) is 39.0 Å². The van der Waals surface area contributed by atoms with Crippen molar-refractivity contribution in [3.05, 3.63) is 125 Å². The van der Waals surface area contributed by atoms with Gasteiger partial charge in [-0.2, -0.15) is 0 Å². The maximum Gasteiger partial charge on any atom is 0.343 e. The first-order valence-electron chi connectivity index (χ1n) is 11.9. The number of hydrogen-bond acceptors (Lipinski definition) is 2. The Kier molecular flexibility index (Phi) is 7.71. The predicted molar refractivity (Wildman–Crippen MR) is 136 cm³/mol. The highest BCUT2D eigenvalue weighted by molar-refractivity contribution is 5.91. The smallest absolute Gasteiger partial charge is 0.343 e. The molecular formula is C31H28F2O2. The average Bonchev–Trinajstić information content (AvgIpc) is 2.87. The first-order valence-corrected chi connectivity index (χ1v) is 11.9. The number of carbonyl (C=O) groups is 1. The summed E-state index contributed by atoms with van der Waals surface area (Å²) < 4.78 is 33.5. The molecule has 0 saturated carbocycles. The Hall–Kier alpha value is -3.79. The van der Waals surface area contributed by atoms with E-state index in [4.69, 9.17) is 4.74 Å². The molecule has 4 rings (SSSR count). The molecule has 1 atom stereocenters. The Morgan fingerprint density at radius 3 is 1.97 bits per heavy atom. The Morgan fingerprint density at radius 1 is 0.829 bits per heavy atom. The van der Waals surface area contributed by atoms with E-state index in [0.717, 1.165) is 29.7 Å². The number of hydrogen-bond donors (Lipinski definition) is 0. The third kappa shape index (κ3) is 6.02. The van der Waals surface area contributed by atoms with E-state index in [9.17, 15) is 13.6 Å². The van der Waals surface area contributed by atoms with Crippen LogP contribution < -0.4 is 4.74 Å². The van der Waals surface area contributed by atoms with E-state index in [1.807, 2.05) is 25.1 Å². The highest BCUT2D eigenvalue weighted by Gasteiger charge is 2.15. The van der Waals surface area contributed by atoms with Crippen LogP contribution in [-0.4, -0.2) is 5.97 Å². The van der Waals surface area contributed by atoms with Gasteiger partial charge in [0.15, 0.2) is 0 Å². The number of benzene rings is 4. The fourth-order valence-electron chi connectivity index (χ4n) is 4.18. The van der Waals surface area contributed by atoms with Crippen molar-refractivity contribution in [2.24, 2.45) is 0 Å². The van der Waals surface area contributed by atoms with Crippen LogP contribution in [-0.2, 0) is 12.8 Å². The molecule has 178 valence electrons. The molecule has 0 aliphatic rings. The first kappa shape index (κ1) is 24.3. The van der Waals surface area contributed by atoms with Crippen molar-refractivity contribution in [2.75, 3.05) is 0 Å². The molecule has 0 N–H and O–H groups in total. The van der Waals surface area contributed by atoms with Crippen molar-refractivity contribution in [3.8, 4) is 16.9 Å². The number of halogens is 2. The van der Waals surface area contributed by atoms with Crippen LogP contribution in [0.15, 0.2) is 91.0 Å². The summed E-state index contributed by atoms with van der Waals surface area (Å²) in [5.74, 6) is -1.78. The summed E-state index contributed by atoms with van der Waals surface area (Å²) in [7, 11) is 0. The van der Waals surface area contributed by atoms with E-state index in [1.54, 1.807) is 12.1 Å². The Morgan fingerprint density at radius 2 is 1.40 bits per heavy atom. The fourth-order valence-corrected chi connectivity index (χ4v) is 4.18. The zero-order chi connectivity index (χ0) is 24.8. The van der Waals surface area contributed by atoms with Crippen LogP contribution in [0.1, 0.15) is 53.2 Å². The third-order valence-corrected chi connectivity index (χ3v) is 6.14. The summed E-state index contributed by atoms with van der Waals surface area (Å²) in [6, 6.07) is 28.0. The van der Waals surface area contributed by atoms with Crippen LogP contribution in [0.2, 0.25) is 0 Å². The fraction of sp³-hybridized carbons (Fsp3) is 0.194. The Bertz CT molecular complexity index is 1260. The average molecular weight is 471 g/mol. The van der Waals surface area contributed by atoms with Gasteiger partial charge in [-0.15, -0.1) is 0 Å². The number of rotatable bonds is 8. The highest BCUT2D eigenvalue weighted by atomic mass is 19.1. The van der Waals surface area contributed by atoms with Gasteiger partial charge in [0.05, 0.1) is 5.56 Å². The largest absolute Gasteiger partial charge is 0.423 e. The Labute approximate surface area is 205 Å². The van der Waals surface area contributed by atoms with Crippen molar-refractivity contribution >= 4 is 5.97 Å². The van der Waals surface area contributed by atoms with Crippen LogP contribution in [0, 0.1) is 11.6 Å².